The third kappa shape index (κ3) is 1.25. The van der Waals surface area contributed by atoms with Crippen LogP contribution in [0.15, 0.2) is 30.3 Å². The smallest absolute Gasteiger partial charge is 0.293 e. The molecule has 0 radical (unpaired) electrons. The van der Waals surface area contributed by atoms with Gasteiger partial charge in [-0.2, -0.15) is 9.78 Å². The molecule has 0 atom stereocenters. The Hall–Kier alpha value is -1.52. The first-order chi connectivity index (χ1) is 6.67. The van der Waals surface area contributed by atoms with Gasteiger partial charge in [-0.05, 0) is 0 Å². The third-order valence-electron chi connectivity index (χ3n) is 2.05. The van der Waals surface area contributed by atoms with Gasteiger partial charge in [-0.3, -0.25) is 9.59 Å². The van der Waals surface area contributed by atoms with Crippen LogP contribution in [0.1, 0.15) is 17.3 Å². The van der Waals surface area contributed by atoms with E-state index in [0.717, 1.165) is 0 Å². The molecule has 0 amide bonds. The molecule has 0 saturated carbocycles. The molecule has 0 N–H and O–H groups in total. The molecule has 4 heteroatoms. The van der Waals surface area contributed by atoms with Crippen molar-refractivity contribution in [1.82, 2.24) is 0 Å². The molecule has 1 heterocycles. The summed E-state index contributed by atoms with van der Waals surface area (Å²) in [4.78, 5) is 31.7. The molecule has 2 rings (SSSR count). The number of benzene rings is 1. The van der Waals surface area contributed by atoms with E-state index >= 15 is 0 Å². The van der Waals surface area contributed by atoms with Crippen molar-refractivity contribution in [3.05, 3.63) is 35.9 Å². The number of hydrogen-bond acceptors (Lipinski definition) is 4. The molecular weight excluding hydrogens is 184 g/mol. The Morgan fingerprint density at radius 1 is 1.14 bits per heavy atom. The molecule has 4 nitrogen and oxygen atoms in total. The minimum atomic E-state index is -1.67. The lowest BCUT2D eigenvalue weighted by Crippen LogP contribution is -2.31. The first-order valence-electron chi connectivity index (χ1n) is 4.14. The van der Waals surface area contributed by atoms with Gasteiger partial charge in [-0.1, -0.05) is 30.3 Å². The molecule has 72 valence electrons. The van der Waals surface area contributed by atoms with Gasteiger partial charge in [0.05, 0.1) is 0 Å². The van der Waals surface area contributed by atoms with E-state index in [4.69, 9.17) is 0 Å². The molecule has 1 aliphatic heterocycles. The van der Waals surface area contributed by atoms with E-state index in [1.807, 2.05) is 0 Å². The lowest BCUT2D eigenvalue weighted by Gasteiger charge is -2.01. The lowest BCUT2D eigenvalue weighted by atomic mass is 10.0. The fourth-order valence-electron chi connectivity index (χ4n) is 1.17. The molecule has 0 unspecified atom stereocenters. The van der Waals surface area contributed by atoms with Crippen LogP contribution >= 0.6 is 0 Å². The number of hydrogen-bond donors (Lipinski definition) is 0. The largest absolute Gasteiger partial charge is 0.352 e. The zero-order chi connectivity index (χ0) is 10.2. The Kier molecular flexibility index (Phi) is 1.94. The van der Waals surface area contributed by atoms with Crippen molar-refractivity contribution in [2.24, 2.45) is 0 Å². The van der Waals surface area contributed by atoms with Crippen molar-refractivity contribution in [2.45, 2.75) is 12.7 Å². The molecule has 0 bridgehead atoms. The zero-order valence-corrected chi connectivity index (χ0v) is 7.52. The molecule has 1 aliphatic rings. The number of Topliss-reactive ketones (excluding diaryl/α,β-unsaturated/α-hetero) is 2. The SMILES string of the molecule is CC(=O)C1(C(=O)c2ccccc2)OO1. The summed E-state index contributed by atoms with van der Waals surface area (Å²) in [5, 5.41) is 0. The van der Waals surface area contributed by atoms with Crippen LogP contribution in [0.4, 0.5) is 0 Å². The standard InChI is InChI=1S/C10H8O4/c1-7(11)10(13-14-10)9(12)8-5-3-2-4-6-8/h2-6H,1H3. The molecule has 0 aromatic heterocycles. The normalized spacial score (nSPS) is 17.5. The predicted octanol–water partition coefficient (Wildman–Crippen LogP) is 1.12. The molecule has 0 spiro atoms. The fraction of sp³-hybridized carbons (Fsp3) is 0.200. The van der Waals surface area contributed by atoms with E-state index in [9.17, 15) is 9.59 Å². The van der Waals surface area contributed by atoms with Crippen molar-refractivity contribution in [3.8, 4) is 0 Å². The molecule has 14 heavy (non-hydrogen) atoms. The van der Waals surface area contributed by atoms with Crippen LogP contribution in [0.3, 0.4) is 0 Å². The quantitative estimate of drug-likeness (QED) is 0.311. The molecule has 1 aromatic carbocycles. The fourth-order valence-corrected chi connectivity index (χ4v) is 1.17. The summed E-state index contributed by atoms with van der Waals surface area (Å²) in [5.41, 5.74) is 0.403. The molecule has 1 saturated heterocycles. The van der Waals surface area contributed by atoms with Crippen molar-refractivity contribution >= 4 is 11.6 Å². The van der Waals surface area contributed by atoms with Gasteiger partial charge in [-0.15, -0.1) is 0 Å². The van der Waals surface area contributed by atoms with Crippen LogP contribution in [0.5, 0.6) is 0 Å². The minimum Gasteiger partial charge on any atom is -0.293 e. The van der Waals surface area contributed by atoms with E-state index < -0.39 is 17.4 Å². The highest BCUT2D eigenvalue weighted by Gasteiger charge is 2.61. The summed E-state index contributed by atoms with van der Waals surface area (Å²) >= 11 is 0. The summed E-state index contributed by atoms with van der Waals surface area (Å²) in [6.07, 6.45) is 0. The summed E-state index contributed by atoms with van der Waals surface area (Å²) in [6.45, 7) is 1.26. The first-order valence-corrected chi connectivity index (χ1v) is 4.14. The summed E-state index contributed by atoms with van der Waals surface area (Å²) < 4.78 is 0. The van der Waals surface area contributed by atoms with Crippen molar-refractivity contribution in [2.75, 3.05) is 0 Å². The van der Waals surface area contributed by atoms with Gasteiger partial charge >= 0.3 is 5.79 Å². The van der Waals surface area contributed by atoms with Crippen LogP contribution in [-0.2, 0) is 14.6 Å². The second-order valence-electron chi connectivity index (χ2n) is 3.03. The maximum absolute atomic E-state index is 11.7. The van der Waals surface area contributed by atoms with Crippen LogP contribution in [0.2, 0.25) is 0 Å². The van der Waals surface area contributed by atoms with Gasteiger partial charge < -0.3 is 0 Å². The summed E-state index contributed by atoms with van der Waals surface area (Å²) in [5.74, 6) is -2.56. The third-order valence-corrected chi connectivity index (χ3v) is 2.05. The maximum atomic E-state index is 11.7. The Bertz CT molecular complexity index is 378. The average molecular weight is 192 g/mol. The van der Waals surface area contributed by atoms with Gasteiger partial charge in [0.15, 0.2) is 0 Å². The van der Waals surface area contributed by atoms with Gasteiger partial charge in [0.2, 0.25) is 11.6 Å². The zero-order valence-electron chi connectivity index (χ0n) is 7.52. The lowest BCUT2D eigenvalue weighted by molar-refractivity contribution is -0.121. The Balaban J connectivity index is 2.30. The highest BCUT2D eigenvalue weighted by Crippen LogP contribution is 2.34. The average Bonchev–Trinajstić information content (AvgIpc) is 2.99. The van der Waals surface area contributed by atoms with Gasteiger partial charge in [-0.25, -0.2) is 0 Å². The van der Waals surface area contributed by atoms with E-state index in [0.29, 0.717) is 5.56 Å². The Morgan fingerprint density at radius 3 is 2.14 bits per heavy atom. The first kappa shape index (κ1) is 9.05. The van der Waals surface area contributed by atoms with Crippen molar-refractivity contribution in [3.63, 3.8) is 0 Å². The summed E-state index contributed by atoms with van der Waals surface area (Å²) in [6, 6.07) is 8.43. The maximum Gasteiger partial charge on any atom is 0.352 e. The Labute approximate surface area is 80.4 Å². The van der Waals surface area contributed by atoms with E-state index in [1.165, 1.54) is 6.92 Å². The highest BCUT2D eigenvalue weighted by molar-refractivity contribution is 6.16. The molecular formula is C10H8O4. The second kappa shape index (κ2) is 3.01. The highest BCUT2D eigenvalue weighted by atomic mass is 17.4. The van der Waals surface area contributed by atoms with E-state index in [-0.39, 0.29) is 0 Å². The number of carbonyl (C=O) groups excluding carboxylic acids is 2. The molecule has 0 aliphatic carbocycles. The van der Waals surface area contributed by atoms with Gasteiger partial charge in [0.1, 0.15) is 0 Å². The van der Waals surface area contributed by atoms with Gasteiger partial charge in [0.25, 0.3) is 0 Å². The van der Waals surface area contributed by atoms with Crippen LogP contribution < -0.4 is 0 Å². The Morgan fingerprint density at radius 2 is 1.71 bits per heavy atom. The van der Waals surface area contributed by atoms with Crippen LogP contribution in [0, 0.1) is 0 Å². The summed E-state index contributed by atoms with van der Waals surface area (Å²) in [7, 11) is 0. The number of rotatable bonds is 3. The minimum absolute atomic E-state index is 0.403. The van der Waals surface area contributed by atoms with Gasteiger partial charge in [0, 0.05) is 12.5 Å². The van der Waals surface area contributed by atoms with Crippen LogP contribution in [0.25, 0.3) is 0 Å². The second-order valence-corrected chi connectivity index (χ2v) is 3.03. The topological polar surface area (TPSA) is 59.2 Å². The monoisotopic (exact) mass is 192 g/mol. The van der Waals surface area contributed by atoms with Crippen molar-refractivity contribution in [1.29, 1.82) is 0 Å². The van der Waals surface area contributed by atoms with Crippen LogP contribution in [-0.4, -0.2) is 17.4 Å². The number of carbonyl (C=O) groups is 2. The van der Waals surface area contributed by atoms with E-state index in [1.54, 1.807) is 30.3 Å². The molecule has 1 aromatic rings. The van der Waals surface area contributed by atoms with E-state index in [2.05, 4.69) is 9.78 Å². The molecule has 1 fully saturated rings. The number of ketones is 2. The van der Waals surface area contributed by atoms with Crippen molar-refractivity contribution < 1.29 is 19.4 Å². The predicted molar refractivity (Wildman–Crippen MR) is 46.4 cm³/mol.